The number of methoxy groups -OCH3 is 2. The summed E-state index contributed by atoms with van der Waals surface area (Å²) in [4.78, 5) is 24.6. The summed E-state index contributed by atoms with van der Waals surface area (Å²) >= 11 is 1.21. The van der Waals surface area contributed by atoms with Gasteiger partial charge in [0, 0.05) is 23.4 Å². The van der Waals surface area contributed by atoms with Crippen molar-refractivity contribution in [2.45, 2.75) is 39.2 Å². The topological polar surface area (TPSA) is 80.2 Å². The highest BCUT2D eigenvalue weighted by Gasteiger charge is 2.23. The summed E-state index contributed by atoms with van der Waals surface area (Å²) in [5, 5.41) is 8.89. The molecule has 1 aliphatic rings. The lowest BCUT2D eigenvalue weighted by atomic mass is 10.1. The number of hydrazone groups is 1. The van der Waals surface area contributed by atoms with Gasteiger partial charge in [-0.15, -0.1) is 0 Å². The Morgan fingerprint density at radius 1 is 1.12 bits per heavy atom. The summed E-state index contributed by atoms with van der Waals surface area (Å²) in [6.07, 6.45) is 3.52. The van der Waals surface area contributed by atoms with Gasteiger partial charge in [-0.3, -0.25) is 9.59 Å². The van der Waals surface area contributed by atoms with Crippen LogP contribution in [0.3, 0.4) is 0 Å². The summed E-state index contributed by atoms with van der Waals surface area (Å²) in [6, 6.07) is 13.1. The van der Waals surface area contributed by atoms with Crippen LogP contribution >= 0.6 is 11.8 Å². The highest BCUT2D eigenvalue weighted by Crippen LogP contribution is 2.30. The fourth-order valence-corrected chi connectivity index (χ4v) is 4.10. The lowest BCUT2D eigenvalue weighted by molar-refractivity contribution is -0.116. The number of unbranched alkanes of at least 4 members (excludes halogenated alkanes) is 2. The first kappa shape index (κ1) is 23.7. The maximum absolute atomic E-state index is 12.5. The molecule has 0 aromatic heterocycles. The molecule has 2 amide bonds. The van der Waals surface area contributed by atoms with E-state index >= 15 is 0 Å². The number of hydrogen-bond acceptors (Lipinski definition) is 6. The number of nitrogens with one attached hydrogen (secondary N) is 1. The van der Waals surface area contributed by atoms with Crippen LogP contribution in [0.1, 0.15) is 43.7 Å². The minimum absolute atomic E-state index is 0.00830. The van der Waals surface area contributed by atoms with E-state index in [9.17, 15) is 9.59 Å². The van der Waals surface area contributed by atoms with Crippen molar-refractivity contribution in [2.24, 2.45) is 5.10 Å². The van der Waals surface area contributed by atoms with Crippen molar-refractivity contribution in [1.82, 2.24) is 5.01 Å². The van der Waals surface area contributed by atoms with E-state index in [2.05, 4.69) is 17.3 Å². The molecule has 3 rings (SSSR count). The molecule has 0 bridgehead atoms. The lowest BCUT2D eigenvalue weighted by Crippen LogP contribution is -2.29. The van der Waals surface area contributed by atoms with Crippen LogP contribution in [-0.2, 0) is 11.3 Å². The quantitative estimate of drug-likeness (QED) is 0.492. The molecule has 0 atom stereocenters. The van der Waals surface area contributed by atoms with Crippen LogP contribution in [0.4, 0.5) is 10.5 Å². The monoisotopic (exact) mass is 455 g/mol. The van der Waals surface area contributed by atoms with Crippen LogP contribution in [0.25, 0.3) is 0 Å². The molecule has 1 heterocycles. The number of ether oxygens (including phenoxy) is 2. The van der Waals surface area contributed by atoms with Crippen molar-refractivity contribution in [1.29, 1.82) is 0 Å². The number of rotatable bonds is 10. The standard InChI is InChI=1S/C24H29N3O4S/c1-4-5-6-10-23(28)25-19-9-7-8-17(13-19)15-27-24(29)32-16-20(26-27)18-11-12-21(30-2)22(14-18)31-3/h7-9,11-14H,4-6,10,15-16H2,1-3H3,(H,25,28). The minimum atomic E-state index is -0.108. The van der Waals surface area contributed by atoms with Gasteiger partial charge in [0.15, 0.2) is 11.5 Å². The normalized spacial score (nSPS) is 13.5. The molecule has 2 aromatic rings. The summed E-state index contributed by atoms with van der Waals surface area (Å²) in [7, 11) is 3.18. The molecule has 0 saturated carbocycles. The Morgan fingerprint density at radius 2 is 1.94 bits per heavy atom. The van der Waals surface area contributed by atoms with Crippen LogP contribution in [0.5, 0.6) is 11.5 Å². The maximum Gasteiger partial charge on any atom is 0.302 e. The lowest BCUT2D eigenvalue weighted by Gasteiger charge is -2.23. The average Bonchev–Trinajstić information content (AvgIpc) is 2.80. The first-order chi connectivity index (χ1) is 15.5. The van der Waals surface area contributed by atoms with Gasteiger partial charge in [0.25, 0.3) is 0 Å². The summed E-state index contributed by atoms with van der Waals surface area (Å²) in [5.41, 5.74) is 3.28. The van der Waals surface area contributed by atoms with Gasteiger partial charge in [-0.05, 0) is 42.3 Å². The number of amides is 2. The Bertz CT molecular complexity index is 993. The molecule has 0 fully saturated rings. The molecule has 0 aliphatic carbocycles. The molecule has 32 heavy (non-hydrogen) atoms. The van der Waals surface area contributed by atoms with Gasteiger partial charge in [0.05, 0.1) is 26.5 Å². The Balaban J connectivity index is 1.72. The fraction of sp³-hybridized carbons (Fsp3) is 0.375. The van der Waals surface area contributed by atoms with Gasteiger partial charge < -0.3 is 14.8 Å². The van der Waals surface area contributed by atoms with E-state index in [1.165, 1.54) is 16.8 Å². The maximum atomic E-state index is 12.5. The molecule has 170 valence electrons. The summed E-state index contributed by atoms with van der Waals surface area (Å²) in [5.74, 6) is 1.75. The Kier molecular flexibility index (Phi) is 8.56. The number of carbonyl (C=O) groups is 2. The molecular weight excluding hydrogens is 426 g/mol. The predicted octanol–water partition coefficient (Wildman–Crippen LogP) is 5.30. The van der Waals surface area contributed by atoms with Gasteiger partial charge in [0.2, 0.25) is 5.91 Å². The third-order valence-corrected chi connectivity index (χ3v) is 5.93. The number of hydrogen-bond donors (Lipinski definition) is 1. The molecule has 0 saturated heterocycles. The second-order valence-corrected chi connectivity index (χ2v) is 8.36. The van der Waals surface area contributed by atoms with Crippen LogP contribution < -0.4 is 14.8 Å². The number of thioether (sulfide) groups is 1. The van der Waals surface area contributed by atoms with Gasteiger partial charge in [-0.2, -0.15) is 5.10 Å². The highest BCUT2D eigenvalue weighted by atomic mass is 32.2. The van der Waals surface area contributed by atoms with E-state index in [0.717, 1.165) is 41.8 Å². The number of nitrogens with zero attached hydrogens (tertiary/aromatic N) is 2. The average molecular weight is 456 g/mol. The van der Waals surface area contributed by atoms with E-state index in [1.54, 1.807) is 14.2 Å². The first-order valence-electron chi connectivity index (χ1n) is 10.7. The largest absolute Gasteiger partial charge is 0.493 e. The Hall–Kier alpha value is -3.00. The second-order valence-electron chi connectivity index (χ2n) is 7.43. The van der Waals surface area contributed by atoms with Crippen molar-refractivity contribution < 1.29 is 19.1 Å². The third kappa shape index (κ3) is 6.26. The minimum Gasteiger partial charge on any atom is -0.493 e. The molecule has 8 heteroatoms. The summed E-state index contributed by atoms with van der Waals surface area (Å²) in [6.45, 7) is 2.43. The summed E-state index contributed by atoms with van der Waals surface area (Å²) < 4.78 is 10.7. The van der Waals surface area contributed by atoms with Crippen molar-refractivity contribution in [3.63, 3.8) is 0 Å². The Labute approximate surface area is 193 Å². The number of benzene rings is 2. The molecule has 0 spiro atoms. The van der Waals surface area contributed by atoms with Crippen LogP contribution in [-0.4, -0.2) is 41.8 Å². The van der Waals surface area contributed by atoms with Crippen molar-refractivity contribution in [3.05, 3.63) is 53.6 Å². The van der Waals surface area contributed by atoms with Crippen molar-refractivity contribution >= 4 is 34.3 Å². The Morgan fingerprint density at radius 3 is 2.69 bits per heavy atom. The smallest absolute Gasteiger partial charge is 0.302 e. The van der Waals surface area contributed by atoms with E-state index < -0.39 is 0 Å². The van der Waals surface area contributed by atoms with Crippen molar-refractivity contribution in [3.8, 4) is 11.5 Å². The van der Waals surface area contributed by atoms with Gasteiger partial charge >= 0.3 is 5.24 Å². The van der Waals surface area contributed by atoms with E-state index in [0.29, 0.717) is 30.2 Å². The third-order valence-electron chi connectivity index (χ3n) is 5.05. The zero-order chi connectivity index (χ0) is 22.9. The van der Waals surface area contributed by atoms with Crippen LogP contribution in [0, 0.1) is 0 Å². The predicted molar refractivity (Wildman–Crippen MR) is 129 cm³/mol. The van der Waals surface area contributed by atoms with Crippen LogP contribution in [0.15, 0.2) is 47.6 Å². The zero-order valence-electron chi connectivity index (χ0n) is 18.7. The molecular formula is C24H29N3O4S. The number of carbonyl (C=O) groups excluding carboxylic acids is 2. The van der Waals surface area contributed by atoms with E-state index in [-0.39, 0.29) is 11.1 Å². The molecule has 0 radical (unpaired) electrons. The molecule has 7 nitrogen and oxygen atoms in total. The first-order valence-corrected chi connectivity index (χ1v) is 11.7. The highest BCUT2D eigenvalue weighted by molar-refractivity contribution is 8.14. The number of anilines is 1. The van der Waals surface area contributed by atoms with E-state index in [4.69, 9.17) is 9.47 Å². The molecule has 1 N–H and O–H groups in total. The van der Waals surface area contributed by atoms with Crippen LogP contribution in [0.2, 0.25) is 0 Å². The molecule has 2 aromatic carbocycles. The molecule has 1 aliphatic heterocycles. The fourth-order valence-electron chi connectivity index (χ4n) is 3.36. The van der Waals surface area contributed by atoms with Gasteiger partial charge in [0.1, 0.15) is 0 Å². The van der Waals surface area contributed by atoms with Crippen molar-refractivity contribution in [2.75, 3.05) is 25.3 Å². The molecule has 0 unspecified atom stereocenters. The SMILES string of the molecule is CCCCCC(=O)Nc1cccc(CN2N=C(c3ccc(OC)c(OC)c3)CSC2=O)c1. The second kappa shape index (κ2) is 11.6. The van der Waals surface area contributed by atoms with Gasteiger partial charge in [-0.25, -0.2) is 5.01 Å². The zero-order valence-corrected chi connectivity index (χ0v) is 19.5. The van der Waals surface area contributed by atoms with Gasteiger partial charge in [-0.1, -0.05) is 43.7 Å². The van der Waals surface area contributed by atoms with E-state index in [1.807, 2.05) is 42.5 Å².